The van der Waals surface area contributed by atoms with Crippen molar-refractivity contribution >= 4 is 11.9 Å². The molecular weight excluding hydrogens is 270 g/mol. The van der Waals surface area contributed by atoms with Crippen molar-refractivity contribution in [2.24, 2.45) is 11.8 Å². The molecule has 1 amide bonds. The summed E-state index contributed by atoms with van der Waals surface area (Å²) in [5.74, 6) is -0.793. The van der Waals surface area contributed by atoms with Gasteiger partial charge in [0, 0.05) is 13.1 Å². The SMILES string of the molecule is CC(C)CN(CC(C)C(=O)O)C(=O)COc1ccccc1. The van der Waals surface area contributed by atoms with Crippen LogP contribution in [0.3, 0.4) is 0 Å². The number of carbonyl (C=O) groups is 2. The van der Waals surface area contributed by atoms with Gasteiger partial charge < -0.3 is 14.7 Å². The van der Waals surface area contributed by atoms with Gasteiger partial charge in [0.1, 0.15) is 5.75 Å². The lowest BCUT2D eigenvalue weighted by molar-refractivity contribution is -0.143. The average Bonchev–Trinajstić information content (AvgIpc) is 2.44. The third-order valence-electron chi connectivity index (χ3n) is 2.96. The molecule has 1 N–H and O–H groups in total. The average molecular weight is 293 g/mol. The van der Waals surface area contributed by atoms with Crippen LogP contribution in [-0.4, -0.2) is 41.6 Å². The molecule has 116 valence electrons. The molecule has 21 heavy (non-hydrogen) atoms. The molecule has 0 saturated heterocycles. The maximum atomic E-state index is 12.2. The lowest BCUT2D eigenvalue weighted by atomic mass is 10.1. The summed E-state index contributed by atoms with van der Waals surface area (Å²) in [6.45, 7) is 6.22. The normalized spacial score (nSPS) is 12.0. The van der Waals surface area contributed by atoms with E-state index >= 15 is 0 Å². The lowest BCUT2D eigenvalue weighted by Crippen LogP contribution is -2.41. The molecule has 0 bridgehead atoms. The number of para-hydroxylation sites is 1. The highest BCUT2D eigenvalue weighted by Gasteiger charge is 2.21. The lowest BCUT2D eigenvalue weighted by Gasteiger charge is -2.26. The highest BCUT2D eigenvalue weighted by molar-refractivity contribution is 5.79. The van der Waals surface area contributed by atoms with Gasteiger partial charge in [-0.25, -0.2) is 0 Å². The van der Waals surface area contributed by atoms with Crippen LogP contribution < -0.4 is 4.74 Å². The molecule has 5 nitrogen and oxygen atoms in total. The predicted octanol–water partition coefficient (Wildman–Crippen LogP) is 2.27. The van der Waals surface area contributed by atoms with Crippen molar-refractivity contribution in [2.45, 2.75) is 20.8 Å². The van der Waals surface area contributed by atoms with Crippen molar-refractivity contribution in [2.75, 3.05) is 19.7 Å². The summed E-state index contributed by atoms with van der Waals surface area (Å²) in [6, 6.07) is 9.09. The van der Waals surface area contributed by atoms with E-state index in [9.17, 15) is 9.59 Å². The number of nitrogens with zero attached hydrogens (tertiary/aromatic N) is 1. The third-order valence-corrected chi connectivity index (χ3v) is 2.96. The summed E-state index contributed by atoms with van der Waals surface area (Å²) in [4.78, 5) is 24.7. The summed E-state index contributed by atoms with van der Waals surface area (Å²) in [7, 11) is 0. The Kier molecular flexibility index (Phi) is 6.72. The van der Waals surface area contributed by atoms with Gasteiger partial charge in [0.15, 0.2) is 6.61 Å². The van der Waals surface area contributed by atoms with Crippen LogP contribution in [0, 0.1) is 11.8 Å². The minimum absolute atomic E-state index is 0.0803. The molecular formula is C16H23NO4. The molecule has 1 aromatic carbocycles. The number of carboxylic acids is 1. The number of hydrogen-bond acceptors (Lipinski definition) is 3. The van der Waals surface area contributed by atoms with Gasteiger partial charge in [-0.1, -0.05) is 39.0 Å². The first-order valence-electron chi connectivity index (χ1n) is 7.08. The van der Waals surface area contributed by atoms with Crippen molar-refractivity contribution in [3.63, 3.8) is 0 Å². The Morgan fingerprint density at radius 3 is 2.29 bits per heavy atom. The molecule has 0 aliphatic rings. The van der Waals surface area contributed by atoms with Gasteiger partial charge in [-0.3, -0.25) is 9.59 Å². The molecule has 1 rings (SSSR count). The number of carbonyl (C=O) groups excluding carboxylic acids is 1. The zero-order valence-corrected chi connectivity index (χ0v) is 12.8. The smallest absolute Gasteiger partial charge is 0.308 e. The largest absolute Gasteiger partial charge is 0.484 e. The molecule has 1 unspecified atom stereocenters. The van der Waals surface area contributed by atoms with E-state index in [1.807, 2.05) is 32.0 Å². The molecule has 0 radical (unpaired) electrons. The Morgan fingerprint density at radius 1 is 1.14 bits per heavy atom. The van der Waals surface area contributed by atoms with Gasteiger partial charge >= 0.3 is 5.97 Å². The Balaban J connectivity index is 2.60. The van der Waals surface area contributed by atoms with E-state index in [1.165, 1.54) is 0 Å². The minimum Gasteiger partial charge on any atom is -0.484 e. The summed E-state index contributed by atoms with van der Waals surface area (Å²) >= 11 is 0. The fourth-order valence-corrected chi connectivity index (χ4v) is 1.88. The van der Waals surface area contributed by atoms with E-state index in [0.717, 1.165) is 0 Å². The summed E-state index contributed by atoms with van der Waals surface area (Å²) in [5, 5.41) is 8.99. The van der Waals surface area contributed by atoms with Crippen LogP contribution in [0.4, 0.5) is 0 Å². The highest BCUT2D eigenvalue weighted by Crippen LogP contribution is 2.10. The number of aliphatic carboxylic acids is 1. The van der Waals surface area contributed by atoms with Crippen LogP contribution in [0.2, 0.25) is 0 Å². The molecule has 1 aromatic rings. The van der Waals surface area contributed by atoms with Crippen molar-refractivity contribution in [3.05, 3.63) is 30.3 Å². The predicted molar refractivity (Wildman–Crippen MR) is 80.2 cm³/mol. The quantitative estimate of drug-likeness (QED) is 0.798. The topological polar surface area (TPSA) is 66.8 Å². The number of ether oxygens (including phenoxy) is 1. The Labute approximate surface area is 125 Å². The van der Waals surface area contributed by atoms with Crippen LogP contribution in [0.1, 0.15) is 20.8 Å². The first kappa shape index (κ1) is 17.0. The summed E-state index contributed by atoms with van der Waals surface area (Å²) in [6.07, 6.45) is 0. The van der Waals surface area contributed by atoms with Gasteiger partial charge in [0.05, 0.1) is 5.92 Å². The Hall–Kier alpha value is -2.04. The van der Waals surface area contributed by atoms with Crippen LogP contribution in [0.5, 0.6) is 5.75 Å². The van der Waals surface area contributed by atoms with Crippen molar-refractivity contribution in [3.8, 4) is 5.75 Å². The number of hydrogen-bond donors (Lipinski definition) is 1. The number of carboxylic acid groups (broad SMARTS) is 1. The van der Waals surface area contributed by atoms with Gasteiger partial charge in [-0.15, -0.1) is 0 Å². The fraction of sp³-hybridized carbons (Fsp3) is 0.500. The maximum absolute atomic E-state index is 12.2. The molecule has 1 atom stereocenters. The van der Waals surface area contributed by atoms with Crippen molar-refractivity contribution in [1.82, 2.24) is 4.90 Å². The Morgan fingerprint density at radius 2 is 1.76 bits per heavy atom. The number of amides is 1. The first-order valence-corrected chi connectivity index (χ1v) is 7.08. The van der Waals surface area contributed by atoms with Gasteiger partial charge in [-0.05, 0) is 18.1 Å². The first-order chi connectivity index (χ1) is 9.90. The summed E-state index contributed by atoms with van der Waals surface area (Å²) < 4.78 is 5.43. The minimum atomic E-state index is -0.902. The van der Waals surface area contributed by atoms with Gasteiger partial charge in [0.25, 0.3) is 5.91 Å². The van der Waals surface area contributed by atoms with E-state index in [-0.39, 0.29) is 25.0 Å². The van der Waals surface area contributed by atoms with E-state index in [4.69, 9.17) is 9.84 Å². The van der Waals surface area contributed by atoms with E-state index in [2.05, 4.69) is 0 Å². The van der Waals surface area contributed by atoms with Gasteiger partial charge in [0.2, 0.25) is 0 Å². The molecule has 0 aromatic heterocycles. The van der Waals surface area contributed by atoms with E-state index in [0.29, 0.717) is 12.3 Å². The number of benzene rings is 1. The molecule has 0 aliphatic carbocycles. The summed E-state index contributed by atoms with van der Waals surface area (Å²) in [5.41, 5.74) is 0. The van der Waals surface area contributed by atoms with Crippen LogP contribution in [-0.2, 0) is 9.59 Å². The van der Waals surface area contributed by atoms with Crippen molar-refractivity contribution in [1.29, 1.82) is 0 Å². The molecule has 0 saturated carbocycles. The third kappa shape index (κ3) is 6.29. The van der Waals surface area contributed by atoms with Crippen LogP contribution >= 0.6 is 0 Å². The second-order valence-electron chi connectivity index (χ2n) is 5.53. The standard InChI is InChI=1S/C16H23NO4/c1-12(2)9-17(10-13(3)16(19)20)15(18)11-21-14-7-5-4-6-8-14/h4-8,12-13H,9-11H2,1-3H3,(H,19,20). The maximum Gasteiger partial charge on any atom is 0.308 e. The molecule has 5 heteroatoms. The second-order valence-corrected chi connectivity index (χ2v) is 5.53. The number of rotatable bonds is 8. The molecule has 0 fully saturated rings. The fourth-order valence-electron chi connectivity index (χ4n) is 1.88. The van der Waals surface area contributed by atoms with E-state index < -0.39 is 11.9 Å². The molecule has 0 spiro atoms. The zero-order valence-electron chi connectivity index (χ0n) is 12.8. The van der Waals surface area contributed by atoms with Crippen LogP contribution in [0.15, 0.2) is 30.3 Å². The Bertz CT molecular complexity index is 459. The van der Waals surface area contributed by atoms with E-state index in [1.54, 1.807) is 24.0 Å². The van der Waals surface area contributed by atoms with Crippen molar-refractivity contribution < 1.29 is 19.4 Å². The van der Waals surface area contributed by atoms with Gasteiger partial charge in [-0.2, -0.15) is 0 Å². The zero-order chi connectivity index (χ0) is 15.8. The monoisotopic (exact) mass is 293 g/mol. The second kappa shape index (κ2) is 8.29. The molecule has 0 aliphatic heterocycles. The highest BCUT2D eigenvalue weighted by atomic mass is 16.5. The van der Waals surface area contributed by atoms with Crippen LogP contribution in [0.25, 0.3) is 0 Å². The molecule has 0 heterocycles.